The summed E-state index contributed by atoms with van der Waals surface area (Å²) in [4.78, 5) is 0. The van der Waals surface area contributed by atoms with E-state index < -0.39 is 10.8 Å². The fourth-order valence-electron chi connectivity index (χ4n) is 2.82. The van der Waals surface area contributed by atoms with Gasteiger partial charge in [0.2, 0.25) is 0 Å². The van der Waals surface area contributed by atoms with Gasteiger partial charge in [-0.2, -0.15) is 0 Å². The van der Waals surface area contributed by atoms with Crippen molar-refractivity contribution in [2.24, 2.45) is 0 Å². The van der Waals surface area contributed by atoms with Crippen molar-refractivity contribution in [3.8, 4) is 0 Å². The van der Waals surface area contributed by atoms with E-state index in [4.69, 9.17) is 0 Å². The zero-order valence-electron chi connectivity index (χ0n) is 9.07. The number of halogens is 1. The molecule has 1 atom stereocenters. The lowest BCUT2D eigenvalue weighted by molar-refractivity contribution is 0.416. The number of benzene rings is 1. The second-order valence-corrected chi connectivity index (χ2v) is 6.15. The highest BCUT2D eigenvalue weighted by Gasteiger charge is 2.45. The smallest absolute Gasteiger partial charge is 0.0737 e. The second-order valence-electron chi connectivity index (χ2n) is 4.39. The maximum absolute atomic E-state index is 12.3. The van der Waals surface area contributed by atoms with Gasteiger partial charge < -0.3 is 5.32 Å². The van der Waals surface area contributed by atoms with Crippen LogP contribution in [-0.2, 0) is 21.3 Å². The van der Waals surface area contributed by atoms with Crippen molar-refractivity contribution in [1.82, 2.24) is 5.32 Å². The van der Waals surface area contributed by atoms with Gasteiger partial charge in [0, 0.05) is 16.6 Å². The molecule has 3 rings (SSSR count). The van der Waals surface area contributed by atoms with Crippen LogP contribution in [0.25, 0.3) is 0 Å². The molecule has 1 spiro atoms. The molecule has 0 aliphatic carbocycles. The molecular formula is C12H16ClNOS. The highest BCUT2D eigenvalue weighted by atomic mass is 35.5. The maximum atomic E-state index is 12.3. The molecule has 1 N–H and O–H groups in total. The first kappa shape index (κ1) is 12.1. The van der Waals surface area contributed by atoms with E-state index in [1.165, 1.54) is 11.1 Å². The number of fused-ring (bicyclic) bond motifs is 2. The summed E-state index contributed by atoms with van der Waals surface area (Å²) in [5, 5.41) is 3.35. The van der Waals surface area contributed by atoms with Gasteiger partial charge >= 0.3 is 0 Å². The van der Waals surface area contributed by atoms with Crippen molar-refractivity contribution < 1.29 is 4.21 Å². The minimum atomic E-state index is -0.704. The van der Waals surface area contributed by atoms with Gasteiger partial charge in [-0.05, 0) is 37.1 Å². The molecule has 2 aliphatic rings. The molecule has 1 aromatic rings. The third-order valence-corrected chi connectivity index (χ3v) is 5.71. The molecule has 1 aromatic carbocycles. The lowest BCUT2D eigenvalue weighted by Crippen LogP contribution is -2.40. The van der Waals surface area contributed by atoms with Gasteiger partial charge in [0.25, 0.3) is 0 Å². The summed E-state index contributed by atoms with van der Waals surface area (Å²) in [6.07, 6.45) is 2.05. The Morgan fingerprint density at radius 2 is 1.88 bits per heavy atom. The Morgan fingerprint density at radius 3 is 2.62 bits per heavy atom. The quantitative estimate of drug-likeness (QED) is 0.770. The molecule has 2 aliphatic heterocycles. The molecule has 2 nitrogen and oxygen atoms in total. The highest BCUT2D eigenvalue weighted by Crippen LogP contribution is 2.45. The summed E-state index contributed by atoms with van der Waals surface area (Å²) in [6.45, 7) is 2.00. The maximum Gasteiger partial charge on any atom is 0.0737 e. The van der Waals surface area contributed by atoms with Crippen LogP contribution in [-0.4, -0.2) is 17.3 Å². The summed E-state index contributed by atoms with van der Waals surface area (Å²) in [7, 11) is -0.704. The lowest BCUT2D eigenvalue weighted by Gasteiger charge is -2.33. The average molecular weight is 258 g/mol. The standard InChI is InChI=1S/C12H15NOS.ClH/c14-15-9-10-3-1-2-4-11(10)12(15)5-7-13-8-6-12;/h1-4,13H,5-9H2;1H/t15-;/m1./s1. The van der Waals surface area contributed by atoms with Crippen molar-refractivity contribution in [3.63, 3.8) is 0 Å². The summed E-state index contributed by atoms with van der Waals surface area (Å²) in [6, 6.07) is 8.43. The first-order valence-electron chi connectivity index (χ1n) is 5.50. The molecule has 0 aromatic heterocycles. The minimum absolute atomic E-state index is 0. The third kappa shape index (κ3) is 1.62. The number of hydrogen-bond donors (Lipinski definition) is 1. The Kier molecular flexibility index (Phi) is 3.38. The largest absolute Gasteiger partial charge is 0.317 e. The van der Waals surface area contributed by atoms with Crippen molar-refractivity contribution in [2.45, 2.75) is 23.3 Å². The van der Waals surface area contributed by atoms with Gasteiger partial charge in [-0.3, -0.25) is 4.21 Å². The Morgan fingerprint density at radius 1 is 1.19 bits per heavy atom. The van der Waals surface area contributed by atoms with Crippen molar-refractivity contribution in [2.75, 3.05) is 13.1 Å². The second kappa shape index (κ2) is 4.47. The Hall–Kier alpha value is -0.380. The lowest BCUT2D eigenvalue weighted by atomic mass is 9.87. The highest BCUT2D eigenvalue weighted by molar-refractivity contribution is 7.85. The van der Waals surface area contributed by atoms with Crippen LogP contribution >= 0.6 is 12.4 Å². The third-order valence-electron chi connectivity index (χ3n) is 3.64. The fourth-order valence-corrected chi connectivity index (χ4v) is 4.73. The summed E-state index contributed by atoms with van der Waals surface area (Å²) >= 11 is 0. The first-order chi connectivity index (χ1) is 7.33. The zero-order valence-corrected chi connectivity index (χ0v) is 10.7. The van der Waals surface area contributed by atoms with Crippen molar-refractivity contribution in [1.29, 1.82) is 0 Å². The molecule has 4 heteroatoms. The first-order valence-corrected chi connectivity index (χ1v) is 6.82. The van der Waals surface area contributed by atoms with Crippen LogP contribution in [0.3, 0.4) is 0 Å². The predicted octanol–water partition coefficient (Wildman–Crippen LogP) is 1.95. The molecule has 88 valence electrons. The molecule has 1 saturated heterocycles. The van der Waals surface area contributed by atoms with E-state index in [0.717, 1.165) is 31.7 Å². The zero-order chi connectivity index (χ0) is 10.3. The molecule has 0 radical (unpaired) electrons. The van der Waals surface area contributed by atoms with Gasteiger partial charge in [-0.1, -0.05) is 24.3 Å². The van der Waals surface area contributed by atoms with E-state index in [9.17, 15) is 4.21 Å². The predicted molar refractivity (Wildman–Crippen MR) is 69.3 cm³/mol. The van der Waals surface area contributed by atoms with E-state index in [0.29, 0.717) is 0 Å². The normalized spacial score (nSPS) is 26.1. The summed E-state index contributed by atoms with van der Waals surface area (Å²) in [5.41, 5.74) is 2.66. The van der Waals surface area contributed by atoms with E-state index >= 15 is 0 Å². The van der Waals surface area contributed by atoms with Crippen LogP contribution in [0, 0.1) is 0 Å². The Bertz CT molecular complexity index is 415. The topological polar surface area (TPSA) is 29.1 Å². The molecular weight excluding hydrogens is 242 g/mol. The van der Waals surface area contributed by atoms with Gasteiger partial charge in [0.05, 0.1) is 4.75 Å². The number of piperidine rings is 1. The molecule has 2 heterocycles. The average Bonchev–Trinajstić information content (AvgIpc) is 2.55. The molecule has 0 bridgehead atoms. The number of rotatable bonds is 0. The van der Waals surface area contributed by atoms with Gasteiger partial charge in [0.1, 0.15) is 0 Å². The monoisotopic (exact) mass is 257 g/mol. The van der Waals surface area contributed by atoms with E-state index in [1.54, 1.807) is 0 Å². The van der Waals surface area contributed by atoms with E-state index in [-0.39, 0.29) is 17.2 Å². The van der Waals surface area contributed by atoms with E-state index in [2.05, 4.69) is 29.6 Å². The molecule has 0 amide bonds. The number of hydrogen-bond acceptors (Lipinski definition) is 2. The molecule has 16 heavy (non-hydrogen) atoms. The van der Waals surface area contributed by atoms with Crippen molar-refractivity contribution in [3.05, 3.63) is 35.4 Å². The molecule has 0 unspecified atom stereocenters. The van der Waals surface area contributed by atoms with Crippen LogP contribution in [0.5, 0.6) is 0 Å². The van der Waals surface area contributed by atoms with Crippen LogP contribution in [0.15, 0.2) is 24.3 Å². The Labute approximate surface area is 105 Å². The molecule has 1 fully saturated rings. The van der Waals surface area contributed by atoms with Crippen LogP contribution < -0.4 is 5.32 Å². The van der Waals surface area contributed by atoms with Gasteiger partial charge in [-0.15, -0.1) is 12.4 Å². The Balaban J connectivity index is 0.000000963. The van der Waals surface area contributed by atoms with Crippen LogP contribution in [0.1, 0.15) is 24.0 Å². The van der Waals surface area contributed by atoms with Crippen LogP contribution in [0.2, 0.25) is 0 Å². The number of nitrogens with one attached hydrogen (secondary N) is 1. The minimum Gasteiger partial charge on any atom is -0.317 e. The summed E-state index contributed by atoms with van der Waals surface area (Å²) in [5.74, 6) is 0.760. The van der Waals surface area contributed by atoms with Crippen molar-refractivity contribution >= 4 is 23.2 Å². The fraction of sp³-hybridized carbons (Fsp3) is 0.500. The van der Waals surface area contributed by atoms with Gasteiger partial charge in [0.15, 0.2) is 0 Å². The molecule has 0 saturated carbocycles. The van der Waals surface area contributed by atoms with Gasteiger partial charge in [-0.25, -0.2) is 0 Å². The SMILES string of the molecule is Cl.O=[S@@]1Cc2ccccc2C12CCNCC2. The van der Waals surface area contributed by atoms with Crippen LogP contribution in [0.4, 0.5) is 0 Å². The van der Waals surface area contributed by atoms with E-state index in [1.807, 2.05) is 0 Å². The summed E-state index contributed by atoms with van der Waals surface area (Å²) < 4.78 is 12.3.